The number of hydrogen-bond donors (Lipinski definition) is 1. The van der Waals surface area contributed by atoms with Gasteiger partial charge in [0.15, 0.2) is 0 Å². The molecule has 0 fully saturated rings. The average molecular weight is 280 g/mol. The summed E-state index contributed by atoms with van der Waals surface area (Å²) in [6, 6.07) is 17.0. The summed E-state index contributed by atoms with van der Waals surface area (Å²) in [4.78, 5) is 4.11. The number of hydrogen-bond acceptors (Lipinski definition) is 3. The Bertz CT molecular complexity index is 581. The number of pyridine rings is 1. The van der Waals surface area contributed by atoms with Gasteiger partial charge in [0.25, 0.3) is 0 Å². The van der Waals surface area contributed by atoms with E-state index >= 15 is 0 Å². The Hall–Kier alpha value is -1.97. The minimum absolute atomic E-state index is 0.194. The van der Waals surface area contributed by atoms with Crippen molar-refractivity contribution in [1.29, 1.82) is 0 Å². The fraction of sp³-hybridized carbons (Fsp3) is 0.118. The first-order valence-electron chi connectivity index (χ1n) is 6.63. The quantitative estimate of drug-likeness (QED) is 0.763. The zero-order chi connectivity index (χ0) is 13.6. The molecule has 0 aliphatic carbocycles. The maximum Gasteiger partial charge on any atom is 0.0580 e. The van der Waals surface area contributed by atoms with Gasteiger partial charge >= 0.3 is 0 Å². The molecule has 2 heterocycles. The van der Waals surface area contributed by atoms with Crippen molar-refractivity contribution in [3.05, 3.63) is 88.4 Å². The molecule has 1 N–H and O–H groups in total. The van der Waals surface area contributed by atoms with E-state index in [1.165, 1.54) is 16.7 Å². The molecule has 1 aromatic carbocycles. The molecule has 0 aliphatic rings. The van der Waals surface area contributed by atoms with Crippen LogP contribution in [-0.2, 0) is 6.54 Å². The molecule has 0 radical (unpaired) electrons. The van der Waals surface area contributed by atoms with Gasteiger partial charge in [0.05, 0.1) is 6.04 Å². The molecule has 0 bridgehead atoms. The molecule has 2 nitrogen and oxygen atoms in total. The third-order valence-electron chi connectivity index (χ3n) is 3.26. The van der Waals surface area contributed by atoms with Crippen LogP contribution in [0.1, 0.15) is 22.7 Å². The third kappa shape index (κ3) is 3.13. The van der Waals surface area contributed by atoms with Crippen LogP contribution in [0.2, 0.25) is 0 Å². The summed E-state index contributed by atoms with van der Waals surface area (Å²) >= 11 is 1.73. The number of aromatic nitrogens is 1. The molecule has 0 saturated heterocycles. The van der Waals surface area contributed by atoms with Crippen molar-refractivity contribution in [2.24, 2.45) is 0 Å². The van der Waals surface area contributed by atoms with Crippen LogP contribution in [0, 0.1) is 0 Å². The number of benzene rings is 1. The molecule has 1 unspecified atom stereocenters. The van der Waals surface area contributed by atoms with Crippen LogP contribution in [0.5, 0.6) is 0 Å². The minimum Gasteiger partial charge on any atom is -0.302 e. The fourth-order valence-corrected chi connectivity index (χ4v) is 2.91. The van der Waals surface area contributed by atoms with E-state index in [-0.39, 0.29) is 6.04 Å². The maximum atomic E-state index is 4.11. The first-order valence-corrected chi connectivity index (χ1v) is 7.57. The summed E-state index contributed by atoms with van der Waals surface area (Å²) in [6.07, 6.45) is 3.69. The van der Waals surface area contributed by atoms with Crippen LogP contribution in [0.4, 0.5) is 0 Å². The van der Waals surface area contributed by atoms with E-state index in [1.807, 2.05) is 18.5 Å². The van der Waals surface area contributed by atoms with Gasteiger partial charge in [-0.3, -0.25) is 4.98 Å². The van der Waals surface area contributed by atoms with E-state index in [0.717, 1.165) is 6.54 Å². The Morgan fingerprint density at radius 2 is 1.70 bits per heavy atom. The van der Waals surface area contributed by atoms with E-state index in [2.05, 4.69) is 63.5 Å². The van der Waals surface area contributed by atoms with Crippen LogP contribution < -0.4 is 5.32 Å². The van der Waals surface area contributed by atoms with Crippen LogP contribution >= 0.6 is 11.3 Å². The van der Waals surface area contributed by atoms with Crippen molar-refractivity contribution >= 4 is 11.3 Å². The highest BCUT2D eigenvalue weighted by Gasteiger charge is 2.13. The number of nitrogens with one attached hydrogen (secondary N) is 1. The highest BCUT2D eigenvalue weighted by molar-refractivity contribution is 7.07. The second kappa shape index (κ2) is 6.46. The first-order chi connectivity index (χ1) is 9.93. The molecule has 0 amide bonds. The molecule has 20 heavy (non-hydrogen) atoms. The predicted octanol–water partition coefficient (Wildman–Crippen LogP) is 4.02. The lowest BCUT2D eigenvalue weighted by Gasteiger charge is -2.19. The minimum atomic E-state index is 0.194. The molecule has 3 heteroatoms. The molecular weight excluding hydrogens is 264 g/mol. The normalized spacial score (nSPS) is 12.2. The maximum absolute atomic E-state index is 4.11. The van der Waals surface area contributed by atoms with Crippen LogP contribution in [-0.4, -0.2) is 4.98 Å². The van der Waals surface area contributed by atoms with Gasteiger partial charge in [-0.1, -0.05) is 30.3 Å². The van der Waals surface area contributed by atoms with E-state index in [9.17, 15) is 0 Å². The zero-order valence-corrected chi connectivity index (χ0v) is 11.9. The van der Waals surface area contributed by atoms with Gasteiger partial charge in [0.1, 0.15) is 0 Å². The van der Waals surface area contributed by atoms with E-state index < -0.39 is 0 Å². The number of thiophene rings is 1. The van der Waals surface area contributed by atoms with Crippen molar-refractivity contribution in [3.63, 3.8) is 0 Å². The van der Waals surface area contributed by atoms with E-state index in [0.29, 0.717) is 0 Å². The Balaban J connectivity index is 1.84. The second-order valence-corrected chi connectivity index (χ2v) is 5.42. The topological polar surface area (TPSA) is 24.9 Å². The highest BCUT2D eigenvalue weighted by Crippen LogP contribution is 2.22. The van der Waals surface area contributed by atoms with Crippen LogP contribution in [0.3, 0.4) is 0 Å². The molecular formula is C17H16N2S. The lowest BCUT2D eigenvalue weighted by Crippen LogP contribution is -2.21. The number of rotatable bonds is 5. The van der Waals surface area contributed by atoms with Crippen LogP contribution in [0.15, 0.2) is 71.7 Å². The summed E-state index contributed by atoms with van der Waals surface area (Å²) in [5.74, 6) is 0. The van der Waals surface area contributed by atoms with Gasteiger partial charge in [-0.2, -0.15) is 11.3 Å². The summed E-state index contributed by atoms with van der Waals surface area (Å²) in [5.41, 5.74) is 3.83. The summed E-state index contributed by atoms with van der Waals surface area (Å²) < 4.78 is 0. The van der Waals surface area contributed by atoms with Gasteiger partial charge in [-0.05, 0) is 45.6 Å². The van der Waals surface area contributed by atoms with Gasteiger partial charge in [0.2, 0.25) is 0 Å². The lowest BCUT2D eigenvalue weighted by atomic mass is 9.99. The molecule has 0 saturated carbocycles. The summed E-state index contributed by atoms with van der Waals surface area (Å²) in [6.45, 7) is 0.866. The zero-order valence-electron chi connectivity index (χ0n) is 11.1. The smallest absolute Gasteiger partial charge is 0.0580 e. The Morgan fingerprint density at radius 1 is 0.950 bits per heavy atom. The van der Waals surface area contributed by atoms with Gasteiger partial charge in [-0.25, -0.2) is 0 Å². The van der Waals surface area contributed by atoms with Crippen molar-refractivity contribution in [2.45, 2.75) is 12.6 Å². The van der Waals surface area contributed by atoms with Gasteiger partial charge in [-0.15, -0.1) is 0 Å². The molecule has 3 rings (SSSR count). The van der Waals surface area contributed by atoms with Crippen molar-refractivity contribution < 1.29 is 0 Å². The van der Waals surface area contributed by atoms with Crippen molar-refractivity contribution in [3.8, 4) is 0 Å². The molecule has 1 atom stereocenters. The van der Waals surface area contributed by atoms with Gasteiger partial charge < -0.3 is 5.32 Å². The van der Waals surface area contributed by atoms with Crippen molar-refractivity contribution in [2.75, 3.05) is 0 Å². The van der Waals surface area contributed by atoms with Gasteiger partial charge in [0, 0.05) is 18.9 Å². The van der Waals surface area contributed by atoms with E-state index in [1.54, 1.807) is 11.3 Å². The molecule has 0 spiro atoms. The highest BCUT2D eigenvalue weighted by atomic mass is 32.1. The lowest BCUT2D eigenvalue weighted by molar-refractivity contribution is 0.605. The average Bonchev–Trinajstić information content (AvgIpc) is 3.03. The Kier molecular flexibility index (Phi) is 4.21. The van der Waals surface area contributed by atoms with E-state index in [4.69, 9.17) is 0 Å². The molecule has 0 aliphatic heterocycles. The van der Waals surface area contributed by atoms with Crippen LogP contribution in [0.25, 0.3) is 0 Å². The molecule has 2 aromatic heterocycles. The molecule has 3 aromatic rings. The summed E-state index contributed by atoms with van der Waals surface area (Å²) in [7, 11) is 0. The van der Waals surface area contributed by atoms with Crippen molar-refractivity contribution in [1.82, 2.24) is 10.3 Å². The Morgan fingerprint density at radius 3 is 2.40 bits per heavy atom. The Labute approximate surface area is 123 Å². The first kappa shape index (κ1) is 13.0. The SMILES string of the molecule is c1ccc(C(NCc2ccsc2)c2ccncc2)cc1. The largest absolute Gasteiger partial charge is 0.302 e. The fourth-order valence-electron chi connectivity index (χ4n) is 2.24. The molecule has 100 valence electrons. The standard InChI is InChI=1S/C17H16N2S/c1-2-4-15(5-3-1)17(16-6-9-18-10-7-16)19-12-14-8-11-20-13-14/h1-11,13,17,19H,12H2. The summed E-state index contributed by atoms with van der Waals surface area (Å²) in [5, 5.41) is 7.93. The number of nitrogens with zero attached hydrogens (tertiary/aromatic N) is 1. The predicted molar refractivity (Wildman–Crippen MR) is 83.7 cm³/mol. The third-order valence-corrected chi connectivity index (χ3v) is 3.99. The second-order valence-electron chi connectivity index (χ2n) is 4.64. The monoisotopic (exact) mass is 280 g/mol.